The van der Waals surface area contributed by atoms with Crippen molar-refractivity contribution in [2.75, 3.05) is 0 Å². The van der Waals surface area contributed by atoms with Crippen molar-refractivity contribution in [1.82, 2.24) is 0 Å². The first-order chi connectivity index (χ1) is 30.5. The molecule has 2 radical (unpaired) electrons. The van der Waals surface area contributed by atoms with Gasteiger partial charge >= 0.3 is 30.2 Å². The van der Waals surface area contributed by atoms with E-state index in [4.69, 9.17) is 0 Å². The Morgan fingerprint density at radius 1 is 0.455 bits per heavy atom. The second-order valence-electron chi connectivity index (χ2n) is 19.5. The molecule has 8 rings (SSSR count). The third-order valence-corrected chi connectivity index (χ3v) is 15.0. The molecule has 0 aliphatic heterocycles. The Labute approximate surface area is 434 Å². The van der Waals surface area contributed by atoms with Gasteiger partial charge in [-0.05, 0) is 97.3 Å². The predicted molar refractivity (Wildman–Crippen MR) is 298 cm³/mol. The van der Waals surface area contributed by atoms with Crippen LogP contribution in [0.2, 0.25) is 0 Å². The summed E-state index contributed by atoms with van der Waals surface area (Å²) in [6, 6.07) is 42.0. The Kier molecular flexibility index (Phi) is 28.2. The molecule has 0 unspecified atom stereocenters. The quantitative estimate of drug-likeness (QED) is 0.0846. The maximum absolute atomic E-state index is 3.06. The zero-order chi connectivity index (χ0) is 43.6. The Hall–Kier alpha value is -2.22. The van der Waals surface area contributed by atoms with Crippen LogP contribution < -0.4 is 0 Å². The van der Waals surface area contributed by atoms with Crippen LogP contribution in [0.3, 0.4) is 0 Å². The Morgan fingerprint density at radius 3 is 1.08 bits per heavy atom. The summed E-state index contributed by atoms with van der Waals surface area (Å²) in [4.78, 5) is 0. The zero-order valence-electron chi connectivity index (χ0n) is 42.2. The molecule has 0 N–H and O–H groups in total. The van der Waals surface area contributed by atoms with Gasteiger partial charge in [-0.15, -0.1) is 93.9 Å². The standard InChI is InChI=1S/2C30H39.2CH3.2ClH.Si.Zr/c2*1-3-18-30(19-9-7-5-6-8-10-20-30)23-25-21-27-12-11-13-28(29(27)22-25)26-16-14-24(4-2)15-17-26;;;;;;/h2*11-17,21-22H,3-10,18-20,23H2,1-2H3;2*1H3;2*1H;;/q4*-1;;;;. The molecule has 0 aromatic heterocycles. The Morgan fingerprint density at radius 2 is 0.773 bits per heavy atom. The van der Waals surface area contributed by atoms with E-state index >= 15 is 0 Å². The summed E-state index contributed by atoms with van der Waals surface area (Å²) in [6.07, 6.45) is 33.1. The summed E-state index contributed by atoms with van der Waals surface area (Å²) in [5.74, 6) is 0. The first-order valence-electron chi connectivity index (χ1n) is 25.3. The van der Waals surface area contributed by atoms with Crippen molar-refractivity contribution in [1.29, 1.82) is 0 Å². The summed E-state index contributed by atoms with van der Waals surface area (Å²) in [6.45, 7) is 12.3. The van der Waals surface area contributed by atoms with E-state index in [1.165, 1.54) is 220 Å². The van der Waals surface area contributed by atoms with Crippen molar-refractivity contribution >= 4 is 53.2 Å². The summed E-state index contributed by atoms with van der Waals surface area (Å²) >= 11 is 1.36. The van der Waals surface area contributed by atoms with Crippen LogP contribution in [0.5, 0.6) is 0 Å². The fraction of sp³-hybridized carbons (Fsp3) is 0.484. The summed E-state index contributed by atoms with van der Waals surface area (Å²) < 4.78 is 0. The molecule has 0 saturated heterocycles. The predicted octanol–water partition coefficient (Wildman–Crippen LogP) is 19.9. The van der Waals surface area contributed by atoms with E-state index in [-0.39, 0.29) is 39.7 Å². The van der Waals surface area contributed by atoms with E-state index in [2.05, 4.69) is 144 Å². The number of halogens is 2. The molecule has 6 aromatic carbocycles. The second kappa shape index (κ2) is 31.1. The molecule has 360 valence electrons. The third-order valence-electron chi connectivity index (χ3n) is 15.0. The van der Waals surface area contributed by atoms with Gasteiger partial charge in [0, 0.05) is 0 Å². The molecule has 2 aliphatic carbocycles. The van der Waals surface area contributed by atoms with E-state index in [9.17, 15) is 0 Å². The SMILES string of the molecule is CCCC1(Cc2cc3c(-c4ccc(CC)cc4)cccc3[cH-]2)CCCCCCCC1.CCCC1(Cc2cc3c(-c4ccc(CC)cc4)cccc3[cH-]2)CCCCCCCC1.Cl.Cl.[CH3-].[CH3-].[Si]=[Zr]. The number of rotatable bonds is 12. The monoisotopic (exact) mass is 1020 g/mol. The zero-order valence-corrected chi connectivity index (χ0v) is 47.3. The fourth-order valence-corrected chi connectivity index (χ4v) is 11.8. The third kappa shape index (κ3) is 16.5. The van der Waals surface area contributed by atoms with Gasteiger partial charge in [-0.2, -0.15) is 12.1 Å². The molecular formula is C62H86Cl2SiZr-4. The topological polar surface area (TPSA) is 0 Å². The molecule has 2 fully saturated rings. The van der Waals surface area contributed by atoms with E-state index in [0.29, 0.717) is 10.8 Å². The number of aryl methyl sites for hydroxylation is 2. The average molecular weight is 1020 g/mol. The molecule has 0 amide bonds. The fourth-order valence-electron chi connectivity index (χ4n) is 11.8. The van der Waals surface area contributed by atoms with Crippen molar-refractivity contribution in [3.05, 3.63) is 146 Å². The van der Waals surface area contributed by atoms with Crippen molar-refractivity contribution < 1.29 is 23.3 Å². The van der Waals surface area contributed by atoms with Gasteiger partial charge in [-0.3, -0.25) is 0 Å². The normalized spacial score (nSPS) is 15.9. The van der Waals surface area contributed by atoms with Gasteiger partial charge in [-0.25, -0.2) is 0 Å². The minimum atomic E-state index is 0. The van der Waals surface area contributed by atoms with Crippen LogP contribution in [0, 0.1) is 25.7 Å². The van der Waals surface area contributed by atoms with Gasteiger partial charge in [0.2, 0.25) is 0 Å². The molecule has 0 atom stereocenters. The van der Waals surface area contributed by atoms with Crippen LogP contribution in [-0.2, 0) is 49.0 Å². The molecule has 66 heavy (non-hydrogen) atoms. The van der Waals surface area contributed by atoms with Gasteiger partial charge in [0.1, 0.15) is 0 Å². The van der Waals surface area contributed by atoms with E-state index in [1.807, 2.05) is 0 Å². The van der Waals surface area contributed by atoms with Gasteiger partial charge in [-0.1, -0.05) is 189 Å². The van der Waals surface area contributed by atoms with E-state index < -0.39 is 0 Å². The minimum absolute atomic E-state index is 0. The van der Waals surface area contributed by atoms with E-state index in [0.717, 1.165) is 12.8 Å². The Bertz CT molecular complexity index is 2030. The molecule has 0 spiro atoms. The van der Waals surface area contributed by atoms with Crippen molar-refractivity contribution in [2.24, 2.45) is 10.8 Å². The molecule has 4 heteroatoms. The number of hydrogen-bond donors (Lipinski definition) is 0. The summed E-state index contributed by atoms with van der Waals surface area (Å²) in [5.41, 5.74) is 12.5. The van der Waals surface area contributed by atoms with Gasteiger partial charge < -0.3 is 14.9 Å². The van der Waals surface area contributed by atoms with Crippen LogP contribution in [0.15, 0.2) is 109 Å². The van der Waals surface area contributed by atoms with Crippen LogP contribution in [-0.4, -0.2) is 6.88 Å². The van der Waals surface area contributed by atoms with Gasteiger partial charge in [0.25, 0.3) is 0 Å². The Balaban J connectivity index is 0.000000413. The summed E-state index contributed by atoms with van der Waals surface area (Å²) in [7, 11) is 0. The van der Waals surface area contributed by atoms with Crippen molar-refractivity contribution in [3.63, 3.8) is 0 Å². The molecule has 0 nitrogen and oxygen atoms in total. The number of benzene rings is 4. The second-order valence-corrected chi connectivity index (χ2v) is 19.5. The molecule has 2 saturated carbocycles. The van der Waals surface area contributed by atoms with Crippen LogP contribution in [0.25, 0.3) is 43.8 Å². The molecule has 0 bridgehead atoms. The van der Waals surface area contributed by atoms with Crippen LogP contribution in [0.4, 0.5) is 0 Å². The van der Waals surface area contributed by atoms with Crippen molar-refractivity contribution in [3.8, 4) is 22.3 Å². The van der Waals surface area contributed by atoms with Gasteiger partial charge in [0.05, 0.1) is 0 Å². The molecule has 2 aliphatic rings. The molecular weight excluding hydrogens is 935 g/mol. The van der Waals surface area contributed by atoms with Crippen molar-refractivity contribution in [2.45, 2.75) is 182 Å². The summed E-state index contributed by atoms with van der Waals surface area (Å²) in [5, 5.41) is 5.70. The first-order valence-corrected chi connectivity index (χ1v) is 29.4. The number of hydrogen-bond acceptors (Lipinski definition) is 0. The maximum atomic E-state index is 3.06. The molecule has 0 heterocycles. The van der Waals surface area contributed by atoms with Crippen LogP contribution >= 0.6 is 24.8 Å². The average Bonchev–Trinajstić information content (AvgIpc) is 3.96. The van der Waals surface area contributed by atoms with E-state index in [1.54, 1.807) is 11.1 Å². The molecule has 6 aromatic rings. The van der Waals surface area contributed by atoms with Crippen LogP contribution in [0.1, 0.15) is 178 Å². The van der Waals surface area contributed by atoms with Gasteiger partial charge in [0.15, 0.2) is 0 Å². The first kappa shape index (κ1) is 59.9. The number of fused-ring (bicyclic) bond motifs is 2.